The zero-order chi connectivity index (χ0) is 13.8. The number of benzene rings is 1. The van der Waals surface area contributed by atoms with Gasteiger partial charge in [0.15, 0.2) is 0 Å². The molecule has 0 radical (unpaired) electrons. The maximum absolute atomic E-state index is 13.0. The van der Waals surface area contributed by atoms with E-state index in [-0.39, 0.29) is 10.9 Å². The Balaban J connectivity index is 1.80. The molecule has 2 N–H and O–H groups in total. The van der Waals surface area contributed by atoms with Crippen molar-refractivity contribution in [2.45, 2.75) is 38.3 Å². The molecule has 0 aromatic heterocycles. The SMILES string of the molecule is O=C(O)C1CCC(NCc2ccc(F)c(Cl)c2)CC1. The summed E-state index contributed by atoms with van der Waals surface area (Å²) in [5, 5.41) is 12.4. The molecule has 0 spiro atoms. The molecule has 3 nitrogen and oxygen atoms in total. The Morgan fingerprint density at radius 2 is 2.05 bits per heavy atom. The molecule has 104 valence electrons. The summed E-state index contributed by atoms with van der Waals surface area (Å²) in [6, 6.07) is 5.02. The second kappa shape index (κ2) is 6.35. The van der Waals surface area contributed by atoms with Crippen LogP contribution in [-0.2, 0) is 11.3 Å². The lowest BCUT2D eigenvalue weighted by atomic mass is 9.86. The van der Waals surface area contributed by atoms with Crippen LogP contribution >= 0.6 is 11.6 Å². The molecule has 1 aliphatic carbocycles. The molecule has 5 heteroatoms. The van der Waals surface area contributed by atoms with Gasteiger partial charge in [0.25, 0.3) is 0 Å². The fourth-order valence-electron chi connectivity index (χ4n) is 2.46. The Hall–Kier alpha value is -1.13. The molecule has 1 saturated carbocycles. The topological polar surface area (TPSA) is 49.3 Å². The molecule has 19 heavy (non-hydrogen) atoms. The number of halogens is 2. The minimum Gasteiger partial charge on any atom is -0.481 e. The van der Waals surface area contributed by atoms with Gasteiger partial charge in [0.2, 0.25) is 0 Å². The van der Waals surface area contributed by atoms with Crippen LogP contribution in [0.15, 0.2) is 18.2 Å². The Labute approximate surface area is 116 Å². The Kier molecular flexibility index (Phi) is 4.77. The summed E-state index contributed by atoms with van der Waals surface area (Å²) in [4.78, 5) is 10.8. The average molecular weight is 286 g/mol. The largest absolute Gasteiger partial charge is 0.481 e. The van der Waals surface area contributed by atoms with E-state index in [0.717, 1.165) is 31.2 Å². The maximum atomic E-state index is 13.0. The van der Waals surface area contributed by atoms with E-state index in [2.05, 4.69) is 5.32 Å². The van der Waals surface area contributed by atoms with Gasteiger partial charge in [-0.2, -0.15) is 0 Å². The van der Waals surface area contributed by atoms with Crippen molar-refractivity contribution in [1.82, 2.24) is 5.32 Å². The minimum absolute atomic E-state index is 0.133. The highest BCUT2D eigenvalue weighted by atomic mass is 35.5. The number of carboxylic acids is 1. The second-order valence-electron chi connectivity index (χ2n) is 5.02. The van der Waals surface area contributed by atoms with Crippen LogP contribution in [0.4, 0.5) is 4.39 Å². The van der Waals surface area contributed by atoms with Crippen molar-refractivity contribution in [1.29, 1.82) is 0 Å². The predicted octanol–water partition coefficient (Wildman–Crippen LogP) is 3.21. The summed E-state index contributed by atoms with van der Waals surface area (Å²) >= 11 is 5.72. The van der Waals surface area contributed by atoms with Crippen LogP contribution < -0.4 is 5.32 Å². The van der Waals surface area contributed by atoms with E-state index in [0.29, 0.717) is 12.6 Å². The molecule has 0 unspecified atom stereocenters. The van der Waals surface area contributed by atoms with Crippen molar-refractivity contribution >= 4 is 17.6 Å². The molecular formula is C14H17ClFNO2. The second-order valence-corrected chi connectivity index (χ2v) is 5.42. The van der Waals surface area contributed by atoms with Gasteiger partial charge < -0.3 is 10.4 Å². The number of carbonyl (C=O) groups is 1. The van der Waals surface area contributed by atoms with Crippen LogP contribution in [0.1, 0.15) is 31.2 Å². The summed E-state index contributed by atoms with van der Waals surface area (Å²) in [7, 11) is 0. The number of hydrogen-bond donors (Lipinski definition) is 2. The minimum atomic E-state index is -0.691. The summed E-state index contributed by atoms with van der Waals surface area (Å²) in [5.41, 5.74) is 0.937. The van der Waals surface area contributed by atoms with Gasteiger partial charge in [-0.3, -0.25) is 4.79 Å². The summed E-state index contributed by atoms with van der Waals surface area (Å²) in [5.74, 6) is -1.30. The van der Waals surface area contributed by atoms with Gasteiger partial charge in [0.05, 0.1) is 10.9 Å². The highest BCUT2D eigenvalue weighted by Crippen LogP contribution is 2.25. The molecule has 0 atom stereocenters. The molecule has 0 heterocycles. The summed E-state index contributed by atoms with van der Waals surface area (Å²) in [6.45, 7) is 0.627. The van der Waals surface area contributed by atoms with Crippen molar-refractivity contribution < 1.29 is 14.3 Å². The molecule has 0 bridgehead atoms. The Morgan fingerprint density at radius 3 is 2.63 bits per heavy atom. The summed E-state index contributed by atoms with van der Waals surface area (Å²) in [6.07, 6.45) is 3.17. The van der Waals surface area contributed by atoms with Crippen LogP contribution in [0.25, 0.3) is 0 Å². The molecule has 1 aromatic rings. The average Bonchev–Trinajstić information content (AvgIpc) is 2.40. The number of carboxylic acid groups (broad SMARTS) is 1. The molecular weight excluding hydrogens is 269 g/mol. The normalized spacial score (nSPS) is 23.3. The molecule has 2 rings (SSSR count). The van der Waals surface area contributed by atoms with E-state index in [1.807, 2.05) is 0 Å². The molecule has 1 fully saturated rings. The third-order valence-corrected chi connectivity index (χ3v) is 3.94. The van der Waals surface area contributed by atoms with Gasteiger partial charge >= 0.3 is 5.97 Å². The van der Waals surface area contributed by atoms with Crippen LogP contribution in [0.2, 0.25) is 5.02 Å². The lowest BCUT2D eigenvalue weighted by Crippen LogP contribution is -2.34. The Bertz CT molecular complexity index is 459. The standard InChI is InChI=1S/C14H17ClFNO2/c15-12-7-9(1-6-13(12)16)8-17-11-4-2-10(3-5-11)14(18)19/h1,6-7,10-11,17H,2-5,8H2,(H,18,19). The first-order chi connectivity index (χ1) is 9.06. The van der Waals surface area contributed by atoms with Crippen molar-refractivity contribution in [3.8, 4) is 0 Å². The van der Waals surface area contributed by atoms with Crippen molar-refractivity contribution in [2.75, 3.05) is 0 Å². The fraction of sp³-hybridized carbons (Fsp3) is 0.500. The first kappa shape index (κ1) is 14.3. The van der Waals surface area contributed by atoms with Crippen LogP contribution in [-0.4, -0.2) is 17.1 Å². The van der Waals surface area contributed by atoms with Crippen LogP contribution in [0.3, 0.4) is 0 Å². The molecule has 1 aromatic carbocycles. The van der Waals surface area contributed by atoms with Gasteiger partial charge in [0, 0.05) is 12.6 Å². The predicted molar refractivity (Wildman–Crippen MR) is 71.6 cm³/mol. The Morgan fingerprint density at radius 1 is 1.37 bits per heavy atom. The zero-order valence-electron chi connectivity index (χ0n) is 10.5. The molecule has 1 aliphatic rings. The third kappa shape index (κ3) is 3.91. The number of rotatable bonds is 4. The first-order valence-corrected chi connectivity index (χ1v) is 6.84. The van der Waals surface area contributed by atoms with Crippen molar-refractivity contribution in [3.05, 3.63) is 34.6 Å². The smallest absolute Gasteiger partial charge is 0.306 e. The number of nitrogens with one attached hydrogen (secondary N) is 1. The molecule has 0 aliphatic heterocycles. The van der Waals surface area contributed by atoms with Crippen LogP contribution in [0.5, 0.6) is 0 Å². The van der Waals surface area contributed by atoms with E-state index >= 15 is 0 Å². The fourth-order valence-corrected chi connectivity index (χ4v) is 2.66. The molecule has 0 amide bonds. The lowest BCUT2D eigenvalue weighted by molar-refractivity contribution is -0.142. The van der Waals surface area contributed by atoms with Crippen molar-refractivity contribution in [3.63, 3.8) is 0 Å². The van der Waals surface area contributed by atoms with Gasteiger partial charge in [0.1, 0.15) is 5.82 Å². The van der Waals surface area contributed by atoms with E-state index in [1.54, 1.807) is 12.1 Å². The third-order valence-electron chi connectivity index (χ3n) is 3.66. The van der Waals surface area contributed by atoms with E-state index in [9.17, 15) is 9.18 Å². The lowest BCUT2D eigenvalue weighted by Gasteiger charge is -2.27. The molecule has 0 saturated heterocycles. The van der Waals surface area contributed by atoms with Crippen LogP contribution in [0, 0.1) is 11.7 Å². The number of aliphatic carboxylic acids is 1. The first-order valence-electron chi connectivity index (χ1n) is 6.46. The van der Waals surface area contributed by atoms with E-state index < -0.39 is 11.8 Å². The van der Waals surface area contributed by atoms with Gasteiger partial charge in [-0.1, -0.05) is 17.7 Å². The maximum Gasteiger partial charge on any atom is 0.306 e. The van der Waals surface area contributed by atoms with E-state index in [1.165, 1.54) is 6.07 Å². The van der Waals surface area contributed by atoms with E-state index in [4.69, 9.17) is 16.7 Å². The highest BCUT2D eigenvalue weighted by molar-refractivity contribution is 6.30. The highest BCUT2D eigenvalue weighted by Gasteiger charge is 2.25. The zero-order valence-corrected chi connectivity index (χ0v) is 11.3. The quantitative estimate of drug-likeness (QED) is 0.893. The number of hydrogen-bond acceptors (Lipinski definition) is 2. The van der Waals surface area contributed by atoms with Gasteiger partial charge in [-0.15, -0.1) is 0 Å². The van der Waals surface area contributed by atoms with Gasteiger partial charge in [-0.05, 0) is 43.4 Å². The summed E-state index contributed by atoms with van der Waals surface area (Å²) < 4.78 is 13.0. The monoisotopic (exact) mass is 285 g/mol. The van der Waals surface area contributed by atoms with Gasteiger partial charge in [-0.25, -0.2) is 4.39 Å². The van der Waals surface area contributed by atoms with Crippen molar-refractivity contribution in [2.24, 2.45) is 5.92 Å².